The molecule has 0 aliphatic rings. The lowest BCUT2D eigenvalue weighted by Gasteiger charge is -2.13. The van der Waals surface area contributed by atoms with Crippen molar-refractivity contribution >= 4 is 16.5 Å². The van der Waals surface area contributed by atoms with Crippen LogP contribution in [0.2, 0.25) is 0 Å². The van der Waals surface area contributed by atoms with Crippen LogP contribution in [0.5, 0.6) is 0 Å². The van der Waals surface area contributed by atoms with Crippen molar-refractivity contribution in [2.45, 2.75) is 43.8 Å². The summed E-state index contributed by atoms with van der Waals surface area (Å²) in [5, 5.41) is 0.204. The normalized spacial score (nSPS) is 14.9. The zero-order valence-electron chi connectivity index (χ0n) is 9.62. The third-order valence-electron chi connectivity index (χ3n) is 2.60. The summed E-state index contributed by atoms with van der Waals surface area (Å²) in [7, 11) is -0.930. The van der Waals surface area contributed by atoms with E-state index in [1.807, 2.05) is 32.0 Å². The minimum absolute atomic E-state index is 0.204. The van der Waals surface area contributed by atoms with E-state index >= 15 is 0 Å². The third kappa shape index (κ3) is 2.81. The second kappa shape index (κ2) is 5.31. The average Bonchev–Trinajstić information content (AvgIpc) is 2.21. The standard InChI is InChI=1S/C12H19NOS/c1-4-6-9(2)15(14)12-8-5-7-11(13)10(12)3/h5,7-9H,4,6,13H2,1-3H3. The van der Waals surface area contributed by atoms with Crippen LogP contribution in [0.25, 0.3) is 0 Å². The molecule has 2 N–H and O–H groups in total. The molecule has 15 heavy (non-hydrogen) atoms. The summed E-state index contributed by atoms with van der Waals surface area (Å²) in [5.74, 6) is 0. The highest BCUT2D eigenvalue weighted by atomic mass is 32.2. The molecule has 1 aromatic carbocycles. The summed E-state index contributed by atoms with van der Waals surface area (Å²) < 4.78 is 12.2. The Labute approximate surface area is 94.3 Å². The molecule has 0 aromatic heterocycles. The minimum Gasteiger partial charge on any atom is -0.398 e. The van der Waals surface area contributed by atoms with Gasteiger partial charge in [-0.1, -0.05) is 26.3 Å². The van der Waals surface area contributed by atoms with Crippen molar-refractivity contribution in [1.29, 1.82) is 0 Å². The van der Waals surface area contributed by atoms with E-state index in [0.717, 1.165) is 29.0 Å². The maximum absolute atomic E-state index is 12.2. The monoisotopic (exact) mass is 225 g/mol. The third-order valence-corrected chi connectivity index (χ3v) is 4.45. The van der Waals surface area contributed by atoms with Crippen LogP contribution in [0.1, 0.15) is 32.3 Å². The van der Waals surface area contributed by atoms with Gasteiger partial charge in [-0.25, -0.2) is 0 Å². The van der Waals surface area contributed by atoms with Crippen molar-refractivity contribution in [2.24, 2.45) is 0 Å². The van der Waals surface area contributed by atoms with Gasteiger partial charge in [-0.05, 0) is 31.0 Å². The summed E-state index contributed by atoms with van der Waals surface area (Å²) in [5.41, 5.74) is 7.48. The SMILES string of the molecule is CCCC(C)S(=O)c1cccc(N)c1C. The Morgan fingerprint density at radius 1 is 1.47 bits per heavy atom. The van der Waals surface area contributed by atoms with Gasteiger partial charge in [0, 0.05) is 15.8 Å². The fourth-order valence-corrected chi connectivity index (χ4v) is 3.10. The van der Waals surface area contributed by atoms with Gasteiger partial charge in [0.25, 0.3) is 0 Å². The molecule has 1 rings (SSSR count). The molecule has 2 atom stereocenters. The Kier molecular flexibility index (Phi) is 4.33. The van der Waals surface area contributed by atoms with Gasteiger partial charge >= 0.3 is 0 Å². The molecule has 3 heteroatoms. The van der Waals surface area contributed by atoms with Crippen LogP contribution in [-0.2, 0) is 10.8 Å². The number of hydrogen-bond acceptors (Lipinski definition) is 2. The highest BCUT2D eigenvalue weighted by Crippen LogP contribution is 2.22. The lowest BCUT2D eigenvalue weighted by molar-refractivity contribution is 0.662. The molecule has 84 valence electrons. The first-order valence-corrected chi connectivity index (χ1v) is 6.54. The van der Waals surface area contributed by atoms with Gasteiger partial charge in [0.05, 0.1) is 10.8 Å². The Hall–Kier alpha value is -0.830. The average molecular weight is 225 g/mol. The number of hydrogen-bond donors (Lipinski definition) is 1. The molecule has 1 aromatic rings. The summed E-state index contributed by atoms with van der Waals surface area (Å²) in [6.45, 7) is 6.07. The van der Waals surface area contributed by atoms with Gasteiger partial charge in [0.1, 0.15) is 0 Å². The maximum atomic E-state index is 12.2. The van der Waals surface area contributed by atoms with Crippen LogP contribution in [-0.4, -0.2) is 9.46 Å². The van der Waals surface area contributed by atoms with Crippen molar-refractivity contribution in [3.8, 4) is 0 Å². The number of anilines is 1. The first kappa shape index (κ1) is 12.2. The highest BCUT2D eigenvalue weighted by molar-refractivity contribution is 7.85. The number of rotatable bonds is 4. The molecule has 0 aliphatic heterocycles. The smallest absolute Gasteiger partial charge is 0.0561 e. The molecular formula is C12H19NOS. The van der Waals surface area contributed by atoms with Gasteiger partial charge in [-0.2, -0.15) is 0 Å². The van der Waals surface area contributed by atoms with Gasteiger partial charge in [0.15, 0.2) is 0 Å². The van der Waals surface area contributed by atoms with Crippen LogP contribution < -0.4 is 5.73 Å². The molecule has 0 saturated heterocycles. The Bertz CT molecular complexity index is 363. The lowest BCUT2D eigenvalue weighted by atomic mass is 10.2. The van der Waals surface area contributed by atoms with Crippen molar-refractivity contribution in [2.75, 3.05) is 5.73 Å². The summed E-state index contributed by atoms with van der Waals surface area (Å²) in [4.78, 5) is 0.885. The Balaban J connectivity index is 2.96. The van der Waals surface area contributed by atoms with E-state index < -0.39 is 10.8 Å². The molecule has 0 aliphatic carbocycles. The molecule has 2 nitrogen and oxygen atoms in total. The number of nitrogens with two attached hydrogens (primary N) is 1. The summed E-state index contributed by atoms with van der Waals surface area (Å²) >= 11 is 0. The highest BCUT2D eigenvalue weighted by Gasteiger charge is 2.15. The maximum Gasteiger partial charge on any atom is 0.0561 e. The predicted octanol–water partition coefficient (Wildman–Crippen LogP) is 2.87. The fourth-order valence-electron chi connectivity index (χ4n) is 1.58. The number of benzene rings is 1. The van der Waals surface area contributed by atoms with Crippen molar-refractivity contribution in [1.82, 2.24) is 0 Å². The zero-order valence-corrected chi connectivity index (χ0v) is 10.4. The van der Waals surface area contributed by atoms with Gasteiger partial charge in [-0.15, -0.1) is 0 Å². The van der Waals surface area contributed by atoms with Gasteiger partial charge in [0.2, 0.25) is 0 Å². The largest absolute Gasteiger partial charge is 0.398 e. The van der Waals surface area contributed by atoms with Crippen LogP contribution in [0.15, 0.2) is 23.1 Å². The van der Waals surface area contributed by atoms with E-state index in [1.54, 1.807) is 0 Å². The molecule has 0 saturated carbocycles. The Morgan fingerprint density at radius 2 is 2.13 bits per heavy atom. The molecule has 0 bridgehead atoms. The van der Waals surface area contributed by atoms with E-state index in [4.69, 9.17) is 5.73 Å². The van der Waals surface area contributed by atoms with Crippen molar-refractivity contribution < 1.29 is 4.21 Å². The van der Waals surface area contributed by atoms with Crippen LogP contribution >= 0.6 is 0 Å². The van der Waals surface area contributed by atoms with E-state index in [0.29, 0.717) is 0 Å². The van der Waals surface area contributed by atoms with Gasteiger partial charge in [-0.3, -0.25) is 4.21 Å². The van der Waals surface area contributed by atoms with Crippen molar-refractivity contribution in [3.63, 3.8) is 0 Å². The van der Waals surface area contributed by atoms with E-state index in [9.17, 15) is 4.21 Å². The molecule has 0 radical (unpaired) electrons. The van der Waals surface area contributed by atoms with Crippen LogP contribution in [0.3, 0.4) is 0 Å². The fraction of sp³-hybridized carbons (Fsp3) is 0.500. The second-order valence-corrected chi connectivity index (χ2v) is 5.71. The first-order chi connectivity index (χ1) is 7.07. The molecule has 2 unspecified atom stereocenters. The summed E-state index contributed by atoms with van der Waals surface area (Å²) in [6.07, 6.45) is 2.05. The lowest BCUT2D eigenvalue weighted by Crippen LogP contribution is -2.12. The quantitative estimate of drug-likeness (QED) is 0.801. The molecule has 0 heterocycles. The van der Waals surface area contributed by atoms with Crippen LogP contribution in [0.4, 0.5) is 5.69 Å². The number of nitrogen functional groups attached to an aromatic ring is 1. The summed E-state index contributed by atoms with van der Waals surface area (Å²) in [6, 6.07) is 5.63. The van der Waals surface area contributed by atoms with Crippen LogP contribution in [0, 0.1) is 6.92 Å². The second-order valence-electron chi connectivity index (χ2n) is 3.87. The molecular weight excluding hydrogens is 206 g/mol. The zero-order chi connectivity index (χ0) is 11.4. The molecule has 0 amide bonds. The molecule has 0 spiro atoms. The first-order valence-electron chi connectivity index (χ1n) is 5.33. The van der Waals surface area contributed by atoms with E-state index in [2.05, 4.69) is 6.92 Å². The van der Waals surface area contributed by atoms with Gasteiger partial charge < -0.3 is 5.73 Å². The topological polar surface area (TPSA) is 43.1 Å². The van der Waals surface area contributed by atoms with E-state index in [1.165, 1.54) is 0 Å². The van der Waals surface area contributed by atoms with Crippen molar-refractivity contribution in [3.05, 3.63) is 23.8 Å². The predicted molar refractivity (Wildman–Crippen MR) is 66.4 cm³/mol. The minimum atomic E-state index is -0.930. The molecule has 0 fully saturated rings. The Morgan fingerprint density at radius 3 is 2.73 bits per heavy atom. The van der Waals surface area contributed by atoms with E-state index in [-0.39, 0.29) is 5.25 Å².